The number of aromatic amines is 1. The first kappa shape index (κ1) is 14.8. The highest BCUT2D eigenvalue weighted by atomic mass is 35.5. The van der Waals surface area contributed by atoms with Gasteiger partial charge in [-0.1, -0.05) is 53.5 Å². The fourth-order valence-electron chi connectivity index (χ4n) is 3.50. The summed E-state index contributed by atoms with van der Waals surface area (Å²) in [6, 6.07) is 13.7. The molecule has 0 amide bonds. The monoisotopic (exact) mass is 366 g/mol. The molecule has 2 N–H and O–H groups in total. The van der Waals surface area contributed by atoms with Crippen molar-refractivity contribution in [1.29, 1.82) is 0 Å². The number of benzene rings is 2. The summed E-state index contributed by atoms with van der Waals surface area (Å²) in [6.07, 6.45) is 3.77. The van der Waals surface area contributed by atoms with Gasteiger partial charge in [0, 0.05) is 34.0 Å². The zero-order valence-corrected chi connectivity index (χ0v) is 14.4. The molecule has 0 spiro atoms. The van der Waals surface area contributed by atoms with Gasteiger partial charge in [-0.2, -0.15) is 5.10 Å². The van der Waals surface area contributed by atoms with Gasteiger partial charge in [-0.3, -0.25) is 0 Å². The Kier molecular flexibility index (Phi) is 3.23. The summed E-state index contributed by atoms with van der Waals surface area (Å²) in [5.74, 6) is 0. The quantitative estimate of drug-likeness (QED) is 0.471. The highest BCUT2D eigenvalue weighted by Crippen LogP contribution is 2.45. The van der Waals surface area contributed by atoms with Gasteiger partial charge in [0.1, 0.15) is 0 Å². The molecule has 0 fully saturated rings. The molecular formula is C19H12Cl2N4. The van der Waals surface area contributed by atoms with Crippen molar-refractivity contribution in [3.05, 3.63) is 76.0 Å². The predicted molar refractivity (Wildman–Crippen MR) is 101 cm³/mol. The smallest absolute Gasteiger partial charge is 0.160 e. The van der Waals surface area contributed by atoms with Crippen LogP contribution in [0, 0.1) is 0 Å². The first-order chi connectivity index (χ1) is 12.2. The van der Waals surface area contributed by atoms with Crippen LogP contribution < -0.4 is 5.32 Å². The SMILES string of the molecule is Clc1cccc(C2Nc3ccccc3-c3cnnc4[nH]cc2c34)c1Cl. The maximum Gasteiger partial charge on any atom is 0.160 e. The van der Waals surface area contributed by atoms with Crippen LogP contribution in [-0.2, 0) is 0 Å². The lowest BCUT2D eigenvalue weighted by Gasteiger charge is -2.21. The summed E-state index contributed by atoms with van der Waals surface area (Å²) in [6.45, 7) is 0. The van der Waals surface area contributed by atoms with Crippen molar-refractivity contribution in [1.82, 2.24) is 15.2 Å². The second-order valence-electron chi connectivity index (χ2n) is 5.99. The van der Waals surface area contributed by atoms with Gasteiger partial charge in [0.05, 0.1) is 22.3 Å². The number of hydrogen-bond donors (Lipinski definition) is 2. The van der Waals surface area contributed by atoms with Crippen molar-refractivity contribution < 1.29 is 0 Å². The highest BCUT2D eigenvalue weighted by Gasteiger charge is 2.27. The van der Waals surface area contributed by atoms with Gasteiger partial charge in [-0.25, -0.2) is 0 Å². The molecule has 122 valence electrons. The number of nitrogens with one attached hydrogen (secondary N) is 2. The lowest BCUT2D eigenvalue weighted by Crippen LogP contribution is -2.12. The molecule has 1 unspecified atom stereocenters. The number of halogens is 2. The third-order valence-electron chi connectivity index (χ3n) is 4.62. The Morgan fingerprint density at radius 2 is 1.80 bits per heavy atom. The van der Waals surface area contributed by atoms with Crippen LogP contribution in [-0.4, -0.2) is 15.2 Å². The average Bonchev–Trinajstić information content (AvgIpc) is 3.00. The van der Waals surface area contributed by atoms with Crippen molar-refractivity contribution in [2.75, 3.05) is 5.32 Å². The van der Waals surface area contributed by atoms with Crippen molar-refractivity contribution in [2.45, 2.75) is 6.04 Å². The van der Waals surface area contributed by atoms with Crippen molar-refractivity contribution in [3.8, 4) is 11.1 Å². The summed E-state index contributed by atoms with van der Waals surface area (Å²) >= 11 is 12.8. The maximum absolute atomic E-state index is 6.53. The van der Waals surface area contributed by atoms with E-state index in [1.54, 1.807) is 6.07 Å². The molecule has 2 aromatic carbocycles. The molecule has 0 saturated carbocycles. The summed E-state index contributed by atoms with van der Waals surface area (Å²) in [7, 11) is 0. The molecule has 4 aromatic rings. The molecule has 25 heavy (non-hydrogen) atoms. The van der Waals surface area contributed by atoms with Gasteiger partial charge in [0.2, 0.25) is 0 Å². The Morgan fingerprint density at radius 3 is 2.72 bits per heavy atom. The third kappa shape index (κ3) is 2.15. The molecule has 1 atom stereocenters. The van der Waals surface area contributed by atoms with E-state index in [2.05, 4.69) is 32.6 Å². The average molecular weight is 367 g/mol. The molecule has 4 nitrogen and oxygen atoms in total. The fourth-order valence-corrected chi connectivity index (χ4v) is 3.91. The summed E-state index contributed by atoms with van der Waals surface area (Å²) in [5, 5.41) is 14.1. The molecule has 0 aliphatic carbocycles. The van der Waals surface area contributed by atoms with E-state index in [9.17, 15) is 0 Å². The van der Waals surface area contributed by atoms with Gasteiger partial charge in [-0.15, -0.1) is 5.10 Å². The molecular weight excluding hydrogens is 355 g/mol. The van der Waals surface area contributed by atoms with Crippen LogP contribution in [0.4, 0.5) is 5.69 Å². The Bertz CT molecular complexity index is 1120. The van der Waals surface area contributed by atoms with Crippen molar-refractivity contribution in [3.63, 3.8) is 0 Å². The van der Waals surface area contributed by atoms with Crippen LogP contribution in [0.5, 0.6) is 0 Å². The molecule has 6 heteroatoms. The van der Waals surface area contributed by atoms with Gasteiger partial charge >= 0.3 is 0 Å². The van der Waals surface area contributed by atoms with E-state index in [1.807, 2.05) is 36.7 Å². The lowest BCUT2D eigenvalue weighted by atomic mass is 9.97. The van der Waals surface area contributed by atoms with E-state index in [0.717, 1.165) is 39.0 Å². The van der Waals surface area contributed by atoms with Gasteiger partial charge < -0.3 is 10.3 Å². The van der Waals surface area contributed by atoms with Crippen LogP contribution in [0.15, 0.2) is 54.9 Å². The first-order valence-corrected chi connectivity index (χ1v) is 8.62. The molecule has 2 aromatic heterocycles. The Labute approximate surface area is 153 Å². The molecule has 0 bridgehead atoms. The zero-order valence-electron chi connectivity index (χ0n) is 12.9. The largest absolute Gasteiger partial charge is 0.374 e. The van der Waals surface area contributed by atoms with Crippen LogP contribution in [0.3, 0.4) is 0 Å². The number of rotatable bonds is 1. The van der Waals surface area contributed by atoms with E-state index in [1.165, 1.54) is 0 Å². The standard InChI is InChI=1S/C19H12Cl2N4/c20-14-6-3-5-11(17(14)21)18-13-8-22-19-16(13)12(9-23-25-19)10-4-1-2-7-15(10)24-18/h1-9,18,24H,(H,22,25). The topological polar surface area (TPSA) is 53.6 Å². The summed E-state index contributed by atoms with van der Waals surface area (Å²) < 4.78 is 0. The number of nitrogens with zero attached hydrogens (tertiary/aromatic N) is 2. The third-order valence-corrected chi connectivity index (χ3v) is 5.46. The van der Waals surface area contributed by atoms with E-state index >= 15 is 0 Å². The molecule has 0 radical (unpaired) electrons. The van der Waals surface area contributed by atoms with Crippen molar-refractivity contribution in [2.24, 2.45) is 0 Å². The van der Waals surface area contributed by atoms with Gasteiger partial charge in [-0.05, 0) is 17.7 Å². The number of hydrogen-bond acceptors (Lipinski definition) is 3. The lowest BCUT2D eigenvalue weighted by molar-refractivity contribution is 0.953. The van der Waals surface area contributed by atoms with Gasteiger partial charge in [0.25, 0.3) is 0 Å². The molecule has 3 heterocycles. The number of fused-ring (bicyclic) bond motifs is 2. The van der Waals surface area contributed by atoms with Gasteiger partial charge in [0.15, 0.2) is 5.65 Å². The second kappa shape index (κ2) is 5.48. The Balaban J connectivity index is 1.86. The highest BCUT2D eigenvalue weighted by molar-refractivity contribution is 6.42. The number of H-pyrrole nitrogens is 1. The molecule has 1 aliphatic rings. The number of aromatic nitrogens is 3. The predicted octanol–water partition coefficient (Wildman–Crippen LogP) is 5.45. The maximum atomic E-state index is 6.53. The van der Waals surface area contributed by atoms with Crippen molar-refractivity contribution >= 4 is 39.9 Å². The fraction of sp³-hybridized carbons (Fsp3) is 0.0526. The minimum Gasteiger partial charge on any atom is -0.374 e. The van der Waals surface area contributed by atoms with Crippen LogP contribution >= 0.6 is 23.2 Å². The van der Waals surface area contributed by atoms with E-state index in [0.29, 0.717) is 10.0 Å². The zero-order chi connectivity index (χ0) is 17.0. The molecule has 5 rings (SSSR count). The second-order valence-corrected chi connectivity index (χ2v) is 6.78. The van der Waals surface area contributed by atoms with Crippen LogP contribution in [0.1, 0.15) is 17.2 Å². The summed E-state index contributed by atoms with van der Waals surface area (Å²) in [4.78, 5) is 3.22. The van der Waals surface area contributed by atoms with Crippen LogP contribution in [0.2, 0.25) is 10.0 Å². The summed E-state index contributed by atoms with van der Waals surface area (Å²) in [5.41, 5.74) is 5.91. The molecule has 0 saturated heterocycles. The van der Waals surface area contributed by atoms with Crippen LogP contribution in [0.25, 0.3) is 22.2 Å². The van der Waals surface area contributed by atoms with E-state index < -0.39 is 0 Å². The number of para-hydroxylation sites is 1. The molecule has 1 aliphatic heterocycles. The Hall–Kier alpha value is -2.56. The van der Waals surface area contributed by atoms with E-state index in [4.69, 9.17) is 23.2 Å². The number of anilines is 1. The van der Waals surface area contributed by atoms with E-state index in [-0.39, 0.29) is 6.04 Å². The minimum absolute atomic E-state index is 0.147. The minimum atomic E-state index is -0.147. The Morgan fingerprint density at radius 1 is 0.920 bits per heavy atom. The normalized spacial score (nSPS) is 15.5. The first-order valence-electron chi connectivity index (χ1n) is 7.86.